The second-order valence-corrected chi connectivity index (χ2v) is 5.80. The van der Waals surface area contributed by atoms with Crippen molar-refractivity contribution in [3.63, 3.8) is 0 Å². The fraction of sp³-hybridized carbons (Fsp3) is 0.143. The van der Waals surface area contributed by atoms with E-state index in [1.807, 2.05) is 42.5 Å². The van der Waals surface area contributed by atoms with Crippen LogP contribution in [0.5, 0.6) is 5.75 Å². The van der Waals surface area contributed by atoms with Crippen molar-refractivity contribution in [3.8, 4) is 5.75 Å². The average Bonchev–Trinajstić information content (AvgIpc) is 2.69. The molecule has 26 heavy (non-hydrogen) atoms. The molecular formula is C21H19NO4. The predicted octanol–water partition coefficient (Wildman–Crippen LogP) is 3.93. The van der Waals surface area contributed by atoms with Crippen LogP contribution in [0, 0.1) is 5.92 Å². The van der Waals surface area contributed by atoms with Gasteiger partial charge in [0, 0.05) is 18.3 Å². The minimum atomic E-state index is -0.591. The highest BCUT2D eigenvalue weighted by molar-refractivity contribution is 5.90. The molecule has 0 N–H and O–H groups in total. The zero-order valence-electron chi connectivity index (χ0n) is 14.4. The van der Waals surface area contributed by atoms with E-state index in [4.69, 9.17) is 9.47 Å². The van der Waals surface area contributed by atoms with Gasteiger partial charge >= 0.3 is 12.1 Å². The van der Waals surface area contributed by atoms with Crippen LogP contribution in [0.25, 0.3) is 0 Å². The molecule has 0 fully saturated rings. The van der Waals surface area contributed by atoms with E-state index in [0.29, 0.717) is 17.7 Å². The van der Waals surface area contributed by atoms with Gasteiger partial charge in [-0.1, -0.05) is 54.6 Å². The van der Waals surface area contributed by atoms with E-state index in [0.717, 1.165) is 5.56 Å². The fourth-order valence-corrected chi connectivity index (χ4v) is 2.71. The molecule has 2 aromatic rings. The molecule has 5 nitrogen and oxygen atoms in total. The molecule has 0 radical (unpaired) electrons. The largest absolute Gasteiger partial charge is 0.466 e. The highest BCUT2D eigenvalue weighted by atomic mass is 16.6. The average molecular weight is 349 g/mol. The van der Waals surface area contributed by atoms with E-state index in [2.05, 4.69) is 0 Å². The van der Waals surface area contributed by atoms with Crippen molar-refractivity contribution in [3.05, 3.63) is 90.3 Å². The third-order valence-corrected chi connectivity index (χ3v) is 4.04. The first-order chi connectivity index (χ1) is 12.7. The van der Waals surface area contributed by atoms with Gasteiger partial charge in [0.15, 0.2) is 0 Å². The minimum Gasteiger partial charge on any atom is -0.466 e. The van der Waals surface area contributed by atoms with Gasteiger partial charge in [0.2, 0.25) is 0 Å². The number of benzene rings is 2. The molecule has 1 aliphatic rings. The summed E-state index contributed by atoms with van der Waals surface area (Å²) in [5.41, 5.74) is 1.50. The third kappa shape index (κ3) is 4.19. The number of hydrogen-bond donors (Lipinski definition) is 0. The molecule has 1 atom stereocenters. The lowest BCUT2D eigenvalue weighted by atomic mass is 9.90. The van der Waals surface area contributed by atoms with Crippen LogP contribution >= 0.6 is 0 Å². The molecule has 0 aliphatic carbocycles. The van der Waals surface area contributed by atoms with Crippen molar-refractivity contribution >= 4 is 12.1 Å². The van der Waals surface area contributed by atoms with Crippen molar-refractivity contribution in [2.75, 3.05) is 7.11 Å². The molecule has 1 heterocycles. The van der Waals surface area contributed by atoms with Crippen LogP contribution in [0.4, 0.5) is 4.79 Å². The van der Waals surface area contributed by atoms with Crippen LogP contribution in [-0.4, -0.2) is 24.1 Å². The Hall–Kier alpha value is -3.34. The zero-order valence-corrected chi connectivity index (χ0v) is 14.4. The highest BCUT2D eigenvalue weighted by Gasteiger charge is 2.26. The summed E-state index contributed by atoms with van der Waals surface area (Å²) >= 11 is 0. The van der Waals surface area contributed by atoms with Crippen molar-refractivity contribution < 1.29 is 19.1 Å². The summed E-state index contributed by atoms with van der Waals surface area (Å²) < 4.78 is 10.2. The van der Waals surface area contributed by atoms with Gasteiger partial charge < -0.3 is 9.47 Å². The SMILES string of the molecule is COC(=O)C1=CN(C(=O)Oc2ccccc2)C=CC1Cc1ccccc1. The summed E-state index contributed by atoms with van der Waals surface area (Å²) in [6.07, 6.45) is 4.95. The molecule has 1 amide bonds. The van der Waals surface area contributed by atoms with Crippen LogP contribution in [0.2, 0.25) is 0 Å². The van der Waals surface area contributed by atoms with Gasteiger partial charge in [-0.15, -0.1) is 0 Å². The maximum absolute atomic E-state index is 12.3. The Kier molecular flexibility index (Phi) is 5.49. The van der Waals surface area contributed by atoms with E-state index in [1.165, 1.54) is 18.2 Å². The number of carbonyl (C=O) groups is 2. The first-order valence-electron chi connectivity index (χ1n) is 8.25. The minimum absolute atomic E-state index is 0.175. The van der Waals surface area contributed by atoms with Crippen LogP contribution in [0.3, 0.4) is 0 Å². The molecule has 0 bridgehead atoms. The number of allylic oxidation sites excluding steroid dienone is 1. The number of nitrogens with zero attached hydrogens (tertiary/aromatic N) is 1. The topological polar surface area (TPSA) is 55.8 Å². The first-order valence-corrected chi connectivity index (χ1v) is 8.25. The zero-order chi connectivity index (χ0) is 18.4. The third-order valence-electron chi connectivity index (χ3n) is 4.04. The summed E-state index contributed by atoms with van der Waals surface area (Å²) in [4.78, 5) is 25.8. The van der Waals surface area contributed by atoms with E-state index >= 15 is 0 Å². The van der Waals surface area contributed by atoms with Gasteiger partial charge in [-0.2, -0.15) is 0 Å². The number of carbonyl (C=O) groups excluding carboxylic acids is 2. The van der Waals surface area contributed by atoms with Gasteiger partial charge in [-0.05, 0) is 24.1 Å². The number of ether oxygens (including phenoxy) is 2. The normalized spacial score (nSPS) is 16.0. The van der Waals surface area contributed by atoms with Gasteiger partial charge in [-0.25, -0.2) is 9.59 Å². The predicted molar refractivity (Wildman–Crippen MR) is 97.2 cm³/mol. The molecule has 1 aliphatic heterocycles. The van der Waals surface area contributed by atoms with Gasteiger partial charge in [0.05, 0.1) is 12.7 Å². The molecule has 0 spiro atoms. The smallest absolute Gasteiger partial charge is 0.423 e. The van der Waals surface area contributed by atoms with Gasteiger partial charge in [-0.3, -0.25) is 4.90 Å². The van der Waals surface area contributed by atoms with E-state index in [9.17, 15) is 9.59 Å². The van der Waals surface area contributed by atoms with Crippen LogP contribution < -0.4 is 4.74 Å². The molecule has 0 aromatic heterocycles. The molecule has 2 aromatic carbocycles. The lowest BCUT2D eigenvalue weighted by Crippen LogP contribution is -2.30. The summed E-state index contributed by atoms with van der Waals surface area (Å²) in [5, 5.41) is 0. The lowest BCUT2D eigenvalue weighted by molar-refractivity contribution is -0.136. The van der Waals surface area contributed by atoms with Crippen molar-refractivity contribution in [1.82, 2.24) is 4.90 Å². The standard InChI is InChI=1S/C21H19NO4/c1-25-20(23)19-15-22(21(24)26-18-10-6-3-7-11-18)13-12-17(19)14-16-8-4-2-5-9-16/h2-13,15,17H,14H2,1H3. The van der Waals surface area contributed by atoms with Gasteiger partial charge in [0.1, 0.15) is 5.75 Å². The lowest BCUT2D eigenvalue weighted by Gasteiger charge is -2.24. The molecule has 0 saturated carbocycles. The molecular weight excluding hydrogens is 330 g/mol. The monoisotopic (exact) mass is 349 g/mol. The Morgan fingerprint density at radius 3 is 2.31 bits per heavy atom. The molecule has 1 unspecified atom stereocenters. The number of rotatable bonds is 4. The van der Waals surface area contributed by atoms with Crippen molar-refractivity contribution in [2.45, 2.75) is 6.42 Å². The van der Waals surface area contributed by atoms with E-state index in [-0.39, 0.29) is 5.92 Å². The summed E-state index contributed by atoms with van der Waals surface area (Å²) in [6.45, 7) is 0. The summed E-state index contributed by atoms with van der Waals surface area (Å²) in [5.74, 6) is -0.205. The number of esters is 1. The molecule has 132 valence electrons. The number of para-hydroxylation sites is 1. The Labute approximate surface area is 152 Å². The molecule has 3 rings (SSSR count). The second kappa shape index (κ2) is 8.16. The maximum Gasteiger partial charge on any atom is 0.423 e. The van der Waals surface area contributed by atoms with Crippen LogP contribution in [-0.2, 0) is 16.0 Å². The summed E-state index contributed by atoms with van der Waals surface area (Å²) in [6, 6.07) is 18.6. The Bertz CT molecular complexity index is 828. The second-order valence-electron chi connectivity index (χ2n) is 5.80. The van der Waals surface area contributed by atoms with Crippen molar-refractivity contribution in [2.24, 2.45) is 5.92 Å². The Morgan fingerprint density at radius 1 is 1.00 bits per heavy atom. The number of amides is 1. The van der Waals surface area contributed by atoms with Crippen LogP contribution in [0.1, 0.15) is 5.56 Å². The Morgan fingerprint density at radius 2 is 1.65 bits per heavy atom. The van der Waals surface area contributed by atoms with Crippen molar-refractivity contribution in [1.29, 1.82) is 0 Å². The first kappa shape index (κ1) is 17.5. The van der Waals surface area contributed by atoms with E-state index < -0.39 is 12.1 Å². The maximum atomic E-state index is 12.3. The highest BCUT2D eigenvalue weighted by Crippen LogP contribution is 2.25. The molecule has 5 heteroatoms. The quantitative estimate of drug-likeness (QED) is 0.785. The van der Waals surface area contributed by atoms with Gasteiger partial charge in [0.25, 0.3) is 0 Å². The molecule has 0 saturated heterocycles. The Balaban J connectivity index is 1.77. The van der Waals surface area contributed by atoms with E-state index in [1.54, 1.807) is 30.5 Å². The number of methoxy groups -OCH3 is 1. The van der Waals surface area contributed by atoms with Crippen LogP contribution in [0.15, 0.2) is 84.7 Å². The number of hydrogen-bond acceptors (Lipinski definition) is 4. The fourth-order valence-electron chi connectivity index (χ4n) is 2.71. The summed E-state index contributed by atoms with van der Waals surface area (Å²) in [7, 11) is 1.33.